The van der Waals surface area contributed by atoms with Crippen molar-refractivity contribution in [2.75, 3.05) is 0 Å². The van der Waals surface area contributed by atoms with Gasteiger partial charge in [-0.15, -0.1) is 0 Å². The number of aryl methyl sites for hydroxylation is 1. The fourth-order valence-corrected chi connectivity index (χ4v) is 0.970. The van der Waals surface area contributed by atoms with E-state index in [-0.39, 0.29) is 0 Å². The Bertz CT molecular complexity index is 357. The molecule has 74 valence electrons. The van der Waals surface area contributed by atoms with Gasteiger partial charge < -0.3 is 9.84 Å². The van der Waals surface area contributed by atoms with Crippen molar-refractivity contribution in [2.24, 2.45) is 0 Å². The van der Waals surface area contributed by atoms with Crippen LogP contribution in [-0.2, 0) is 9.59 Å². The minimum atomic E-state index is -1.19. The number of benzene rings is 1. The van der Waals surface area contributed by atoms with E-state index in [9.17, 15) is 9.59 Å². The molecule has 1 rings (SSSR count). The fourth-order valence-electron chi connectivity index (χ4n) is 0.970. The molecule has 0 fully saturated rings. The zero-order valence-corrected chi connectivity index (χ0v) is 7.69. The van der Waals surface area contributed by atoms with Crippen LogP contribution < -0.4 is 4.74 Å². The molecule has 1 aromatic carbocycles. The highest BCUT2D eigenvalue weighted by molar-refractivity contribution is 5.91. The van der Waals surface area contributed by atoms with Gasteiger partial charge in [-0.05, 0) is 24.6 Å². The molecule has 0 unspecified atom stereocenters. The molecular formula is C10H10O4. The maximum atomic E-state index is 10.9. The monoisotopic (exact) mass is 194 g/mol. The lowest BCUT2D eigenvalue weighted by Gasteiger charge is -2.02. The van der Waals surface area contributed by atoms with E-state index in [1.807, 2.05) is 13.0 Å². The molecule has 0 amide bonds. The molecule has 0 heterocycles. The smallest absolute Gasteiger partial charge is 0.322 e. The second kappa shape index (κ2) is 4.41. The van der Waals surface area contributed by atoms with E-state index in [2.05, 4.69) is 0 Å². The number of ether oxygens (including phenoxy) is 1. The van der Waals surface area contributed by atoms with Crippen LogP contribution >= 0.6 is 0 Å². The number of aliphatic carboxylic acids is 1. The van der Waals surface area contributed by atoms with Gasteiger partial charge in [-0.1, -0.05) is 12.1 Å². The topological polar surface area (TPSA) is 63.6 Å². The van der Waals surface area contributed by atoms with E-state index in [1.54, 1.807) is 18.2 Å². The molecule has 1 N–H and O–H groups in total. The van der Waals surface area contributed by atoms with Gasteiger partial charge in [0.1, 0.15) is 12.2 Å². The molecule has 0 atom stereocenters. The Balaban J connectivity index is 2.60. The van der Waals surface area contributed by atoms with Gasteiger partial charge in [0.15, 0.2) is 0 Å². The highest BCUT2D eigenvalue weighted by Crippen LogP contribution is 2.12. The summed E-state index contributed by atoms with van der Waals surface area (Å²) in [7, 11) is 0. The highest BCUT2D eigenvalue weighted by Gasteiger charge is 2.09. The summed E-state index contributed by atoms with van der Waals surface area (Å²) in [5.74, 6) is -1.58. The molecule has 0 aliphatic heterocycles. The fraction of sp³-hybridized carbons (Fsp3) is 0.200. The van der Waals surface area contributed by atoms with Crippen LogP contribution in [0.25, 0.3) is 0 Å². The molecule has 0 aliphatic rings. The molecule has 0 radical (unpaired) electrons. The van der Waals surface area contributed by atoms with Crippen molar-refractivity contribution in [3.05, 3.63) is 29.8 Å². The molecule has 4 nitrogen and oxygen atoms in total. The third-order valence-electron chi connectivity index (χ3n) is 1.52. The summed E-state index contributed by atoms with van der Waals surface area (Å²) in [6, 6.07) is 6.86. The lowest BCUT2D eigenvalue weighted by molar-refractivity contribution is -0.145. The van der Waals surface area contributed by atoms with Crippen molar-refractivity contribution >= 4 is 11.9 Å². The average Bonchev–Trinajstić information content (AvgIpc) is 2.01. The number of carbonyl (C=O) groups is 2. The average molecular weight is 194 g/mol. The number of carboxylic acid groups (broad SMARTS) is 1. The van der Waals surface area contributed by atoms with Crippen LogP contribution in [0.2, 0.25) is 0 Å². The van der Waals surface area contributed by atoms with E-state index in [1.165, 1.54) is 0 Å². The SMILES string of the molecule is Cc1cccc(OC(=O)CC(=O)O)c1. The molecule has 0 aromatic heterocycles. The van der Waals surface area contributed by atoms with Crippen LogP contribution in [0, 0.1) is 6.92 Å². The van der Waals surface area contributed by atoms with E-state index in [0.29, 0.717) is 5.75 Å². The third kappa shape index (κ3) is 3.26. The first kappa shape index (κ1) is 10.2. The molecule has 14 heavy (non-hydrogen) atoms. The van der Waals surface area contributed by atoms with Crippen LogP contribution in [-0.4, -0.2) is 17.0 Å². The van der Waals surface area contributed by atoms with Gasteiger partial charge in [-0.2, -0.15) is 0 Å². The summed E-state index contributed by atoms with van der Waals surface area (Å²) in [6.07, 6.45) is -0.617. The first-order chi connectivity index (χ1) is 6.58. The van der Waals surface area contributed by atoms with Crippen LogP contribution in [0.15, 0.2) is 24.3 Å². The zero-order valence-electron chi connectivity index (χ0n) is 7.69. The third-order valence-corrected chi connectivity index (χ3v) is 1.52. The largest absolute Gasteiger partial charge is 0.481 e. The Hall–Kier alpha value is -1.84. The number of carbonyl (C=O) groups excluding carboxylic acids is 1. The van der Waals surface area contributed by atoms with Gasteiger partial charge in [0.2, 0.25) is 0 Å². The lowest BCUT2D eigenvalue weighted by Crippen LogP contribution is -2.13. The molecule has 1 aromatic rings. The van der Waals surface area contributed by atoms with Gasteiger partial charge in [-0.3, -0.25) is 9.59 Å². The van der Waals surface area contributed by atoms with Crippen molar-refractivity contribution < 1.29 is 19.4 Å². The van der Waals surface area contributed by atoms with Crippen LogP contribution in [0.4, 0.5) is 0 Å². The van der Waals surface area contributed by atoms with E-state index >= 15 is 0 Å². The molecule has 0 saturated heterocycles. The normalized spacial score (nSPS) is 9.50. The molecule has 0 bridgehead atoms. The van der Waals surface area contributed by atoms with Crippen LogP contribution in [0.3, 0.4) is 0 Å². The Kier molecular flexibility index (Phi) is 3.23. The number of rotatable bonds is 3. The zero-order chi connectivity index (χ0) is 10.6. The molecular weight excluding hydrogens is 184 g/mol. The molecule has 0 aliphatic carbocycles. The Morgan fingerprint density at radius 3 is 2.71 bits per heavy atom. The van der Waals surface area contributed by atoms with Gasteiger partial charge in [0.25, 0.3) is 0 Å². The summed E-state index contributed by atoms with van der Waals surface area (Å²) in [5, 5.41) is 8.32. The number of carboxylic acids is 1. The quantitative estimate of drug-likeness (QED) is 0.448. The second-order valence-electron chi connectivity index (χ2n) is 2.86. The van der Waals surface area contributed by atoms with Gasteiger partial charge in [0, 0.05) is 0 Å². The first-order valence-electron chi connectivity index (χ1n) is 4.07. The molecule has 4 heteroatoms. The Morgan fingerprint density at radius 1 is 1.43 bits per heavy atom. The van der Waals surface area contributed by atoms with E-state index in [4.69, 9.17) is 9.84 Å². The molecule has 0 saturated carbocycles. The van der Waals surface area contributed by atoms with Crippen molar-refractivity contribution in [3.8, 4) is 5.75 Å². The minimum absolute atomic E-state index is 0.372. The van der Waals surface area contributed by atoms with Crippen LogP contribution in [0.5, 0.6) is 5.75 Å². The van der Waals surface area contributed by atoms with Crippen molar-refractivity contribution in [1.29, 1.82) is 0 Å². The van der Waals surface area contributed by atoms with Gasteiger partial charge >= 0.3 is 11.9 Å². The summed E-state index contributed by atoms with van der Waals surface area (Å²) >= 11 is 0. The predicted molar refractivity (Wildman–Crippen MR) is 49.1 cm³/mol. The standard InChI is InChI=1S/C10H10O4/c1-7-3-2-4-8(5-7)14-10(13)6-9(11)12/h2-5H,6H2,1H3,(H,11,12). The van der Waals surface area contributed by atoms with Crippen LogP contribution in [0.1, 0.15) is 12.0 Å². The predicted octanol–water partition coefficient (Wildman–Crippen LogP) is 1.38. The maximum absolute atomic E-state index is 10.9. The van der Waals surface area contributed by atoms with Gasteiger partial charge in [0.05, 0.1) is 0 Å². The number of hydrogen-bond donors (Lipinski definition) is 1. The van der Waals surface area contributed by atoms with Crippen molar-refractivity contribution in [1.82, 2.24) is 0 Å². The second-order valence-corrected chi connectivity index (χ2v) is 2.86. The number of esters is 1. The summed E-state index contributed by atoms with van der Waals surface area (Å²) in [5.41, 5.74) is 0.950. The molecule has 0 spiro atoms. The summed E-state index contributed by atoms with van der Waals surface area (Å²) in [6.45, 7) is 1.86. The first-order valence-corrected chi connectivity index (χ1v) is 4.07. The van der Waals surface area contributed by atoms with Gasteiger partial charge in [-0.25, -0.2) is 0 Å². The number of hydrogen-bond acceptors (Lipinski definition) is 3. The van der Waals surface area contributed by atoms with Crippen molar-refractivity contribution in [2.45, 2.75) is 13.3 Å². The summed E-state index contributed by atoms with van der Waals surface area (Å²) in [4.78, 5) is 21.1. The maximum Gasteiger partial charge on any atom is 0.322 e. The Morgan fingerprint density at radius 2 is 2.14 bits per heavy atom. The van der Waals surface area contributed by atoms with Crippen molar-refractivity contribution in [3.63, 3.8) is 0 Å². The van der Waals surface area contributed by atoms with E-state index < -0.39 is 18.4 Å². The minimum Gasteiger partial charge on any atom is -0.481 e. The highest BCUT2D eigenvalue weighted by atomic mass is 16.5. The Labute approximate surface area is 81.1 Å². The van der Waals surface area contributed by atoms with E-state index in [0.717, 1.165) is 5.56 Å². The lowest BCUT2D eigenvalue weighted by atomic mass is 10.2. The summed E-state index contributed by atoms with van der Waals surface area (Å²) < 4.78 is 4.79.